The summed E-state index contributed by atoms with van der Waals surface area (Å²) >= 11 is 0. The van der Waals surface area contributed by atoms with Crippen LogP contribution in [-0.4, -0.2) is 67.3 Å². The summed E-state index contributed by atoms with van der Waals surface area (Å²) in [6.45, 7) is 0.934. The lowest BCUT2D eigenvalue weighted by atomic mass is 10.0. The van der Waals surface area contributed by atoms with Crippen LogP contribution in [0.3, 0.4) is 0 Å². The number of anilines is 2. The van der Waals surface area contributed by atoms with Crippen molar-refractivity contribution < 1.29 is 39.7 Å². The lowest BCUT2D eigenvalue weighted by Crippen LogP contribution is -2.47. The van der Waals surface area contributed by atoms with Crippen LogP contribution in [0.4, 0.5) is 33.7 Å². The molecular weight excluding hydrogens is 489 g/mol. The molecule has 0 bridgehead atoms. The molecule has 2 aromatic rings. The largest absolute Gasteiger partial charge is 0.455 e. The van der Waals surface area contributed by atoms with Gasteiger partial charge >= 0.3 is 12.2 Å². The second kappa shape index (κ2) is 8.67. The van der Waals surface area contributed by atoms with E-state index in [-0.39, 0.29) is 23.7 Å². The molecule has 34 heavy (non-hydrogen) atoms. The molecule has 2 saturated heterocycles. The molecule has 2 fully saturated rings. The molecule has 2 aliphatic rings. The van der Waals surface area contributed by atoms with Gasteiger partial charge in [-0.05, 0) is 30.5 Å². The van der Waals surface area contributed by atoms with E-state index in [4.69, 9.17) is 4.52 Å². The normalized spacial score (nSPS) is 20.3. The zero-order valence-corrected chi connectivity index (χ0v) is 18.6. The van der Waals surface area contributed by atoms with Crippen LogP contribution in [0.25, 0.3) is 0 Å². The summed E-state index contributed by atoms with van der Waals surface area (Å²) in [6, 6.07) is 0.00523. The van der Waals surface area contributed by atoms with Crippen LogP contribution in [0, 0.1) is 11.6 Å². The Labute approximate surface area is 190 Å². The van der Waals surface area contributed by atoms with Crippen molar-refractivity contribution in [2.24, 2.45) is 0 Å². The van der Waals surface area contributed by atoms with Crippen molar-refractivity contribution >= 4 is 27.4 Å². The standard InChI is InChI=1S/C19H20F5N5O4S/c1-34(31,32)15-9-11(20)14(8-12(15)21)25-13-4-7-29(16(13)30)10-2-5-28(6-3-10)18-26-17(27-33-18)19(22,23)24/h8-10,13,25H,2-7H2,1H3/t13-/m0/s1. The molecule has 0 spiro atoms. The van der Waals surface area contributed by atoms with E-state index in [9.17, 15) is 35.2 Å². The molecule has 15 heteroatoms. The fourth-order valence-electron chi connectivity index (χ4n) is 4.14. The summed E-state index contributed by atoms with van der Waals surface area (Å²) in [5, 5.41) is 5.58. The SMILES string of the molecule is CS(=O)(=O)c1cc(F)c(N[C@H]2CCN(C3CCN(c4nc(C(F)(F)F)no4)CC3)C2=O)cc1F. The Morgan fingerprint density at radius 3 is 2.35 bits per heavy atom. The van der Waals surface area contributed by atoms with Gasteiger partial charge < -0.3 is 19.6 Å². The van der Waals surface area contributed by atoms with Gasteiger partial charge in [0, 0.05) is 38.0 Å². The third-order valence-corrected chi connectivity index (χ3v) is 6.95. The van der Waals surface area contributed by atoms with Gasteiger partial charge in [0.25, 0.3) is 5.82 Å². The van der Waals surface area contributed by atoms with Crippen LogP contribution in [0.2, 0.25) is 0 Å². The molecule has 186 valence electrons. The average Bonchev–Trinajstić information content (AvgIpc) is 3.38. The summed E-state index contributed by atoms with van der Waals surface area (Å²) in [7, 11) is -3.96. The second-order valence-electron chi connectivity index (χ2n) is 8.17. The van der Waals surface area contributed by atoms with E-state index in [1.54, 1.807) is 4.90 Å². The van der Waals surface area contributed by atoms with Gasteiger partial charge in [0.15, 0.2) is 9.84 Å². The molecule has 0 unspecified atom stereocenters. The highest BCUT2D eigenvalue weighted by Gasteiger charge is 2.40. The maximum atomic E-state index is 14.4. The number of likely N-dealkylation sites (tertiary alicyclic amines) is 1. The van der Waals surface area contributed by atoms with E-state index < -0.39 is 44.4 Å². The van der Waals surface area contributed by atoms with E-state index in [1.807, 2.05) is 0 Å². The monoisotopic (exact) mass is 509 g/mol. The highest BCUT2D eigenvalue weighted by atomic mass is 32.2. The van der Waals surface area contributed by atoms with E-state index in [0.29, 0.717) is 51.0 Å². The lowest BCUT2D eigenvalue weighted by Gasteiger charge is -2.36. The number of hydrogen-bond acceptors (Lipinski definition) is 8. The number of nitrogens with zero attached hydrogens (tertiary/aromatic N) is 4. The summed E-state index contributed by atoms with van der Waals surface area (Å²) in [6.07, 6.45) is -2.76. The van der Waals surface area contributed by atoms with Gasteiger partial charge in [-0.25, -0.2) is 17.2 Å². The number of halogens is 5. The maximum Gasteiger partial charge on any atom is 0.455 e. The summed E-state index contributed by atoms with van der Waals surface area (Å²) in [4.78, 5) is 18.6. The van der Waals surface area contributed by atoms with Gasteiger partial charge in [0.2, 0.25) is 5.91 Å². The minimum absolute atomic E-state index is 0.199. The minimum Gasteiger partial charge on any atom is -0.371 e. The Morgan fingerprint density at radius 1 is 1.09 bits per heavy atom. The Morgan fingerprint density at radius 2 is 1.76 bits per heavy atom. The van der Waals surface area contributed by atoms with Crippen molar-refractivity contribution in [3.05, 3.63) is 29.6 Å². The fourth-order valence-corrected chi connectivity index (χ4v) is 4.87. The molecule has 1 atom stereocenters. The molecule has 1 aromatic heterocycles. The Hall–Kier alpha value is -2.97. The first-order valence-corrected chi connectivity index (χ1v) is 12.2. The number of piperidine rings is 1. The van der Waals surface area contributed by atoms with Crippen LogP contribution in [0.5, 0.6) is 0 Å². The van der Waals surface area contributed by atoms with Crippen LogP contribution in [-0.2, 0) is 20.8 Å². The third kappa shape index (κ3) is 4.79. The van der Waals surface area contributed by atoms with Crippen molar-refractivity contribution in [2.45, 2.75) is 42.4 Å². The van der Waals surface area contributed by atoms with Gasteiger partial charge in [-0.3, -0.25) is 4.79 Å². The van der Waals surface area contributed by atoms with E-state index in [0.717, 1.165) is 6.26 Å². The number of amides is 1. The number of carbonyl (C=O) groups excluding carboxylic acids is 1. The topological polar surface area (TPSA) is 109 Å². The first-order chi connectivity index (χ1) is 15.8. The van der Waals surface area contributed by atoms with Crippen LogP contribution < -0.4 is 10.2 Å². The zero-order chi connectivity index (χ0) is 24.8. The Kier molecular flexibility index (Phi) is 6.16. The molecule has 1 N–H and O–H groups in total. The molecule has 2 aliphatic heterocycles. The average molecular weight is 509 g/mol. The number of rotatable bonds is 5. The summed E-state index contributed by atoms with van der Waals surface area (Å²) < 4.78 is 94.3. The van der Waals surface area contributed by atoms with E-state index in [2.05, 4.69) is 15.5 Å². The molecule has 0 aliphatic carbocycles. The van der Waals surface area contributed by atoms with Crippen molar-refractivity contribution in [1.29, 1.82) is 0 Å². The molecule has 0 saturated carbocycles. The fraction of sp³-hybridized carbons (Fsp3) is 0.526. The van der Waals surface area contributed by atoms with E-state index >= 15 is 0 Å². The predicted octanol–water partition coefficient (Wildman–Crippen LogP) is 2.45. The van der Waals surface area contributed by atoms with Crippen molar-refractivity contribution in [2.75, 3.05) is 36.1 Å². The number of aromatic nitrogens is 2. The number of alkyl halides is 3. The highest BCUT2D eigenvalue weighted by molar-refractivity contribution is 7.90. The van der Waals surface area contributed by atoms with Gasteiger partial charge in [-0.15, -0.1) is 0 Å². The number of benzene rings is 1. The molecule has 1 amide bonds. The molecule has 1 aromatic carbocycles. The Bertz CT molecular complexity index is 1190. The van der Waals surface area contributed by atoms with Crippen molar-refractivity contribution in [3.8, 4) is 0 Å². The van der Waals surface area contributed by atoms with E-state index in [1.165, 1.54) is 4.90 Å². The molecule has 9 nitrogen and oxygen atoms in total. The lowest BCUT2D eigenvalue weighted by molar-refractivity contribution is -0.146. The maximum absolute atomic E-state index is 14.4. The van der Waals surface area contributed by atoms with Crippen LogP contribution in [0.1, 0.15) is 25.1 Å². The number of sulfone groups is 1. The van der Waals surface area contributed by atoms with Crippen molar-refractivity contribution in [3.63, 3.8) is 0 Å². The highest BCUT2D eigenvalue weighted by Crippen LogP contribution is 2.31. The third-order valence-electron chi connectivity index (χ3n) is 5.84. The summed E-state index contributed by atoms with van der Waals surface area (Å²) in [5.74, 6) is -3.82. The minimum atomic E-state index is -4.71. The van der Waals surface area contributed by atoms with Crippen LogP contribution in [0.15, 0.2) is 21.6 Å². The van der Waals surface area contributed by atoms with Crippen LogP contribution >= 0.6 is 0 Å². The Balaban J connectivity index is 1.37. The molecule has 4 rings (SSSR count). The first kappa shape index (κ1) is 24.2. The first-order valence-electron chi connectivity index (χ1n) is 10.3. The van der Waals surface area contributed by atoms with Gasteiger partial charge in [0.05, 0.1) is 5.69 Å². The molecule has 3 heterocycles. The smallest absolute Gasteiger partial charge is 0.371 e. The van der Waals surface area contributed by atoms with Crippen molar-refractivity contribution in [1.82, 2.24) is 15.0 Å². The summed E-state index contributed by atoms with van der Waals surface area (Å²) in [5.41, 5.74) is -0.322. The van der Waals surface area contributed by atoms with Gasteiger partial charge in [-0.1, -0.05) is 0 Å². The zero-order valence-electron chi connectivity index (χ0n) is 17.8. The van der Waals surface area contributed by atoms with Gasteiger partial charge in [0.1, 0.15) is 22.6 Å². The number of hydrogen-bond donors (Lipinski definition) is 1. The number of carbonyl (C=O) groups is 1. The molecule has 0 radical (unpaired) electrons. The molecular formula is C19H20F5N5O4S. The van der Waals surface area contributed by atoms with Gasteiger partial charge in [-0.2, -0.15) is 18.2 Å². The predicted molar refractivity (Wildman–Crippen MR) is 108 cm³/mol. The second-order valence-corrected chi connectivity index (χ2v) is 10.2. The quantitative estimate of drug-likeness (QED) is 0.613. The number of nitrogens with one attached hydrogen (secondary N) is 1.